The zero-order valence-electron chi connectivity index (χ0n) is 14.8. The summed E-state index contributed by atoms with van der Waals surface area (Å²) in [4.78, 5) is 0. The van der Waals surface area contributed by atoms with Gasteiger partial charge in [-0.1, -0.05) is 60.9 Å². The van der Waals surface area contributed by atoms with E-state index < -0.39 is 0 Å². The highest BCUT2D eigenvalue weighted by Gasteiger charge is 2.24. The molecule has 0 nitrogen and oxygen atoms in total. The van der Waals surface area contributed by atoms with Crippen molar-refractivity contribution in [2.45, 2.75) is 77.0 Å². The van der Waals surface area contributed by atoms with Gasteiger partial charge in [0, 0.05) is 0 Å². The molecular weight excluding hydrogens is 276 g/mol. The molecule has 0 aliphatic heterocycles. The van der Waals surface area contributed by atoms with Crippen LogP contribution >= 0.6 is 0 Å². The van der Waals surface area contributed by atoms with Gasteiger partial charge in [-0.2, -0.15) is 0 Å². The molecule has 0 saturated carbocycles. The van der Waals surface area contributed by atoms with Gasteiger partial charge in [0.1, 0.15) is 0 Å². The second-order valence-electron chi connectivity index (χ2n) is 7.75. The third kappa shape index (κ3) is 5.23. The van der Waals surface area contributed by atoms with Crippen molar-refractivity contribution in [2.24, 2.45) is 17.8 Å². The minimum atomic E-state index is 0.754. The summed E-state index contributed by atoms with van der Waals surface area (Å²) < 4.78 is 0. The van der Waals surface area contributed by atoms with Gasteiger partial charge in [-0.05, 0) is 82.0 Å². The lowest BCUT2D eigenvalue weighted by Crippen LogP contribution is -2.17. The molecule has 0 bridgehead atoms. The van der Waals surface area contributed by atoms with E-state index in [9.17, 15) is 0 Å². The molecule has 3 unspecified atom stereocenters. The Balaban J connectivity index is 1.58. The highest BCUT2D eigenvalue weighted by molar-refractivity contribution is 5.16. The highest BCUT2D eigenvalue weighted by atomic mass is 14.3. The molecule has 0 aromatic heterocycles. The van der Waals surface area contributed by atoms with Crippen molar-refractivity contribution in [2.75, 3.05) is 0 Å². The molecular formula is C23H34. The molecule has 0 aromatic rings. The fourth-order valence-corrected chi connectivity index (χ4v) is 4.68. The molecule has 3 rings (SSSR count). The van der Waals surface area contributed by atoms with Crippen molar-refractivity contribution in [3.05, 3.63) is 48.1 Å². The summed E-state index contributed by atoms with van der Waals surface area (Å²) in [6.07, 6.45) is 33.3. The zero-order valence-corrected chi connectivity index (χ0v) is 14.8. The van der Waals surface area contributed by atoms with Gasteiger partial charge in [-0.25, -0.2) is 0 Å². The van der Waals surface area contributed by atoms with Crippen molar-refractivity contribution in [3.8, 4) is 0 Å². The van der Waals surface area contributed by atoms with Crippen molar-refractivity contribution < 1.29 is 0 Å². The quantitative estimate of drug-likeness (QED) is 0.457. The van der Waals surface area contributed by atoms with E-state index in [1.54, 1.807) is 5.57 Å². The van der Waals surface area contributed by atoms with Crippen LogP contribution in [-0.4, -0.2) is 0 Å². The molecule has 0 radical (unpaired) electrons. The lowest BCUT2D eigenvalue weighted by atomic mass is 9.76. The van der Waals surface area contributed by atoms with E-state index >= 15 is 0 Å². The van der Waals surface area contributed by atoms with E-state index in [0.29, 0.717) is 0 Å². The van der Waals surface area contributed by atoms with Crippen LogP contribution in [0.4, 0.5) is 0 Å². The van der Waals surface area contributed by atoms with Crippen molar-refractivity contribution in [1.29, 1.82) is 0 Å². The number of hydrogen-bond donors (Lipinski definition) is 0. The summed E-state index contributed by atoms with van der Waals surface area (Å²) in [5.41, 5.74) is 1.80. The molecule has 126 valence electrons. The average molecular weight is 311 g/mol. The minimum Gasteiger partial charge on any atom is -0.0885 e. The second kappa shape index (κ2) is 9.30. The maximum absolute atomic E-state index is 2.60. The van der Waals surface area contributed by atoms with Crippen LogP contribution in [0.5, 0.6) is 0 Å². The van der Waals surface area contributed by atoms with Crippen LogP contribution in [0.2, 0.25) is 0 Å². The third-order valence-corrected chi connectivity index (χ3v) is 6.05. The van der Waals surface area contributed by atoms with Crippen LogP contribution in [0.1, 0.15) is 77.0 Å². The third-order valence-electron chi connectivity index (χ3n) is 6.05. The standard InChI is InChI=1S/C23H34/c1-2-8-16-21(15-7-1)23(22-17-9-4-10-18-22)19-11-14-20-12-5-3-6-13-20/h1,3,5,7-8,16-17,20-21,23H,2,4,6,9-15,18-19H2. The van der Waals surface area contributed by atoms with Crippen LogP contribution in [0.3, 0.4) is 0 Å². The zero-order chi connectivity index (χ0) is 15.7. The molecule has 0 heteroatoms. The summed E-state index contributed by atoms with van der Waals surface area (Å²) >= 11 is 0. The molecule has 23 heavy (non-hydrogen) atoms. The van der Waals surface area contributed by atoms with Gasteiger partial charge in [-0.3, -0.25) is 0 Å². The van der Waals surface area contributed by atoms with Gasteiger partial charge in [0.05, 0.1) is 0 Å². The number of rotatable bonds is 6. The minimum absolute atomic E-state index is 0.754. The Bertz CT molecular complexity index is 462. The topological polar surface area (TPSA) is 0 Å². The van der Waals surface area contributed by atoms with Gasteiger partial charge >= 0.3 is 0 Å². The van der Waals surface area contributed by atoms with Crippen molar-refractivity contribution in [3.63, 3.8) is 0 Å². The summed E-state index contributed by atoms with van der Waals surface area (Å²) in [5, 5.41) is 0. The van der Waals surface area contributed by atoms with Crippen LogP contribution in [-0.2, 0) is 0 Å². The Morgan fingerprint density at radius 3 is 2.74 bits per heavy atom. The Morgan fingerprint density at radius 2 is 1.91 bits per heavy atom. The Morgan fingerprint density at radius 1 is 0.957 bits per heavy atom. The fraction of sp³-hybridized carbons (Fsp3) is 0.652. The molecule has 3 aliphatic carbocycles. The Labute approximate surface area is 143 Å². The van der Waals surface area contributed by atoms with Crippen molar-refractivity contribution in [1.82, 2.24) is 0 Å². The number of allylic oxidation sites excluding steroid dienone is 8. The summed E-state index contributed by atoms with van der Waals surface area (Å²) in [6, 6.07) is 0. The van der Waals surface area contributed by atoms with E-state index in [-0.39, 0.29) is 0 Å². The fourth-order valence-electron chi connectivity index (χ4n) is 4.68. The molecule has 3 atom stereocenters. The highest BCUT2D eigenvalue weighted by Crippen LogP contribution is 2.37. The van der Waals surface area contributed by atoms with Gasteiger partial charge in [0.2, 0.25) is 0 Å². The predicted molar refractivity (Wildman–Crippen MR) is 101 cm³/mol. The van der Waals surface area contributed by atoms with Crippen LogP contribution in [0, 0.1) is 17.8 Å². The first-order valence-electron chi connectivity index (χ1n) is 10.1. The lowest BCUT2D eigenvalue weighted by Gasteiger charge is -2.29. The molecule has 0 fully saturated rings. The smallest absolute Gasteiger partial charge is 0.0133 e. The summed E-state index contributed by atoms with van der Waals surface area (Å²) in [5.74, 6) is 2.53. The maximum Gasteiger partial charge on any atom is -0.0133 e. The first-order chi connectivity index (χ1) is 11.4. The molecule has 0 aromatic carbocycles. The molecule has 3 aliphatic rings. The van der Waals surface area contributed by atoms with Crippen LogP contribution in [0.15, 0.2) is 48.1 Å². The largest absolute Gasteiger partial charge is 0.0885 e. The molecule has 0 spiro atoms. The summed E-state index contributed by atoms with van der Waals surface area (Å²) in [7, 11) is 0. The van der Waals surface area contributed by atoms with E-state index in [1.165, 1.54) is 70.6 Å². The van der Waals surface area contributed by atoms with Gasteiger partial charge in [0.25, 0.3) is 0 Å². The van der Waals surface area contributed by atoms with E-state index in [4.69, 9.17) is 0 Å². The van der Waals surface area contributed by atoms with Crippen LogP contribution < -0.4 is 0 Å². The van der Waals surface area contributed by atoms with Crippen LogP contribution in [0.25, 0.3) is 0 Å². The first-order valence-corrected chi connectivity index (χ1v) is 10.1. The molecule has 0 amide bonds. The van der Waals surface area contributed by atoms with E-state index in [1.807, 2.05) is 0 Å². The van der Waals surface area contributed by atoms with Gasteiger partial charge < -0.3 is 0 Å². The van der Waals surface area contributed by atoms with Gasteiger partial charge in [-0.15, -0.1) is 0 Å². The molecule has 0 saturated heterocycles. The maximum atomic E-state index is 2.60. The predicted octanol–water partition coefficient (Wildman–Crippen LogP) is 7.15. The van der Waals surface area contributed by atoms with E-state index in [2.05, 4.69) is 42.5 Å². The Hall–Kier alpha value is -1.04. The Kier molecular flexibility index (Phi) is 6.80. The van der Waals surface area contributed by atoms with Crippen molar-refractivity contribution >= 4 is 0 Å². The second-order valence-corrected chi connectivity index (χ2v) is 7.75. The monoisotopic (exact) mass is 310 g/mol. The first kappa shape index (κ1) is 16.8. The van der Waals surface area contributed by atoms with Gasteiger partial charge in [0.15, 0.2) is 0 Å². The average Bonchev–Trinajstić information content (AvgIpc) is 2.90. The molecule has 0 N–H and O–H groups in total. The summed E-state index contributed by atoms with van der Waals surface area (Å²) in [6.45, 7) is 0. The normalized spacial score (nSPS) is 29.1. The number of hydrogen-bond acceptors (Lipinski definition) is 0. The SMILES string of the molecule is C1=CCC(C(CCCC2CC=CCC2)C2=CCCCC2)C=CC1. The molecule has 0 heterocycles. The lowest BCUT2D eigenvalue weighted by molar-refractivity contribution is 0.357. The van der Waals surface area contributed by atoms with E-state index in [0.717, 1.165) is 24.2 Å².